The van der Waals surface area contributed by atoms with Crippen molar-refractivity contribution in [3.63, 3.8) is 0 Å². The normalized spacial score (nSPS) is 20.7. The van der Waals surface area contributed by atoms with Crippen LogP contribution in [0.3, 0.4) is 0 Å². The third-order valence-corrected chi connectivity index (χ3v) is 5.75. The van der Waals surface area contributed by atoms with Gasteiger partial charge in [0.25, 0.3) is 0 Å². The maximum absolute atomic E-state index is 12.0. The summed E-state index contributed by atoms with van der Waals surface area (Å²) < 4.78 is 24.6. The van der Waals surface area contributed by atoms with Crippen LogP contribution in [0.25, 0.3) is 10.9 Å². The van der Waals surface area contributed by atoms with Crippen molar-refractivity contribution >= 4 is 26.6 Å². The molecule has 0 spiro atoms. The van der Waals surface area contributed by atoms with Crippen LogP contribution in [-0.2, 0) is 21.2 Å². The van der Waals surface area contributed by atoms with Crippen molar-refractivity contribution in [2.75, 3.05) is 18.1 Å². The molecule has 1 saturated heterocycles. The molecule has 6 heteroatoms. The minimum atomic E-state index is -2.88. The topological polar surface area (TPSA) is 68.2 Å². The maximum Gasteiger partial charge on any atom is 0.239 e. The van der Waals surface area contributed by atoms with Gasteiger partial charge >= 0.3 is 0 Å². The number of fused-ring (bicyclic) bond motifs is 1. The van der Waals surface area contributed by atoms with Crippen molar-refractivity contribution < 1.29 is 13.2 Å². The third-order valence-electron chi connectivity index (χ3n) is 3.91. The molecule has 21 heavy (non-hydrogen) atoms. The number of amides is 1. The van der Waals surface area contributed by atoms with Gasteiger partial charge in [-0.25, -0.2) is 8.42 Å². The zero-order valence-electron chi connectivity index (χ0n) is 11.7. The van der Waals surface area contributed by atoms with E-state index in [1.807, 2.05) is 41.1 Å². The van der Waals surface area contributed by atoms with E-state index < -0.39 is 9.84 Å². The average Bonchev–Trinajstić information content (AvgIpc) is 3.01. The van der Waals surface area contributed by atoms with Crippen LogP contribution >= 0.6 is 0 Å². The molecule has 0 bridgehead atoms. The molecule has 1 aliphatic rings. The predicted octanol–water partition coefficient (Wildman–Crippen LogP) is 1.19. The molecule has 1 N–H and O–H groups in total. The Morgan fingerprint density at radius 2 is 2.10 bits per heavy atom. The summed E-state index contributed by atoms with van der Waals surface area (Å²) in [6.07, 6.45) is 2.54. The number of aromatic nitrogens is 1. The minimum absolute atomic E-state index is 0.0559. The Kier molecular flexibility index (Phi) is 3.71. The number of rotatable bonds is 4. The summed E-state index contributed by atoms with van der Waals surface area (Å²) in [6, 6.07) is 9.87. The summed E-state index contributed by atoms with van der Waals surface area (Å²) in [6.45, 7) is 0.699. The lowest BCUT2D eigenvalue weighted by Crippen LogP contribution is -2.32. The zero-order chi connectivity index (χ0) is 14.9. The van der Waals surface area contributed by atoms with Gasteiger partial charge in [0.1, 0.15) is 6.54 Å². The summed E-state index contributed by atoms with van der Waals surface area (Å²) in [5.41, 5.74) is 1.02. The number of hydrogen-bond acceptors (Lipinski definition) is 3. The molecule has 1 amide bonds. The number of para-hydroxylation sites is 1. The standard InChI is InChI=1S/C15H18N2O3S/c18-15(16-9-12-6-8-21(19,20)11-12)10-17-7-5-13-3-1-2-4-14(13)17/h1-5,7,12H,6,8-11H2,(H,16,18). The van der Waals surface area contributed by atoms with E-state index >= 15 is 0 Å². The van der Waals surface area contributed by atoms with Gasteiger partial charge in [0.2, 0.25) is 5.91 Å². The molecule has 1 aromatic carbocycles. The van der Waals surface area contributed by atoms with Gasteiger partial charge in [-0.1, -0.05) is 18.2 Å². The van der Waals surface area contributed by atoms with Crippen molar-refractivity contribution in [2.24, 2.45) is 5.92 Å². The second kappa shape index (κ2) is 5.52. The molecule has 2 heterocycles. The van der Waals surface area contributed by atoms with E-state index in [2.05, 4.69) is 5.32 Å². The number of carbonyl (C=O) groups excluding carboxylic acids is 1. The summed E-state index contributed by atoms with van der Waals surface area (Å²) in [5, 5.41) is 3.95. The third kappa shape index (κ3) is 3.26. The summed E-state index contributed by atoms with van der Waals surface area (Å²) in [7, 11) is -2.88. The quantitative estimate of drug-likeness (QED) is 0.922. The Balaban J connectivity index is 1.57. The van der Waals surface area contributed by atoms with Crippen LogP contribution in [0.15, 0.2) is 36.5 Å². The van der Waals surface area contributed by atoms with Crippen LogP contribution < -0.4 is 5.32 Å². The molecule has 2 aromatic rings. The zero-order valence-corrected chi connectivity index (χ0v) is 12.5. The average molecular weight is 306 g/mol. The Bertz CT molecular complexity index is 764. The smallest absolute Gasteiger partial charge is 0.239 e. The van der Waals surface area contributed by atoms with Gasteiger partial charge in [-0.3, -0.25) is 4.79 Å². The fourth-order valence-electron chi connectivity index (χ4n) is 2.78. The molecule has 0 saturated carbocycles. The Labute approximate surface area is 123 Å². The van der Waals surface area contributed by atoms with E-state index in [0.717, 1.165) is 10.9 Å². The lowest BCUT2D eigenvalue weighted by molar-refractivity contribution is -0.121. The van der Waals surface area contributed by atoms with Gasteiger partial charge in [-0.15, -0.1) is 0 Å². The van der Waals surface area contributed by atoms with Gasteiger partial charge in [0.05, 0.1) is 11.5 Å². The van der Waals surface area contributed by atoms with Crippen molar-refractivity contribution in [3.05, 3.63) is 36.5 Å². The van der Waals surface area contributed by atoms with Gasteiger partial charge in [0, 0.05) is 18.3 Å². The number of sulfone groups is 1. The van der Waals surface area contributed by atoms with Crippen molar-refractivity contribution in [2.45, 2.75) is 13.0 Å². The maximum atomic E-state index is 12.0. The largest absolute Gasteiger partial charge is 0.354 e. The summed E-state index contributed by atoms with van der Waals surface area (Å²) in [5.74, 6) is 0.413. The first-order valence-corrected chi connectivity index (χ1v) is 8.87. The first-order valence-electron chi connectivity index (χ1n) is 7.04. The lowest BCUT2D eigenvalue weighted by Gasteiger charge is -2.10. The van der Waals surface area contributed by atoms with E-state index in [0.29, 0.717) is 13.0 Å². The fourth-order valence-corrected chi connectivity index (χ4v) is 4.64. The van der Waals surface area contributed by atoms with Crippen LogP contribution in [0, 0.1) is 5.92 Å². The monoisotopic (exact) mass is 306 g/mol. The Morgan fingerprint density at radius 1 is 1.29 bits per heavy atom. The Hall–Kier alpha value is -1.82. The molecule has 1 fully saturated rings. The van der Waals surface area contributed by atoms with Crippen molar-refractivity contribution in [1.82, 2.24) is 9.88 Å². The van der Waals surface area contributed by atoms with Gasteiger partial charge in [0.15, 0.2) is 9.84 Å². The van der Waals surface area contributed by atoms with E-state index in [9.17, 15) is 13.2 Å². The molecule has 0 aliphatic carbocycles. The number of hydrogen-bond donors (Lipinski definition) is 1. The fraction of sp³-hybridized carbons (Fsp3) is 0.400. The molecule has 0 radical (unpaired) electrons. The second-order valence-electron chi connectivity index (χ2n) is 5.58. The SMILES string of the molecule is O=C(Cn1ccc2ccccc21)NCC1CCS(=O)(=O)C1. The first kappa shape index (κ1) is 14.1. The van der Waals surface area contributed by atoms with Crippen LogP contribution in [0.1, 0.15) is 6.42 Å². The highest BCUT2D eigenvalue weighted by Crippen LogP contribution is 2.17. The highest BCUT2D eigenvalue weighted by atomic mass is 32.2. The minimum Gasteiger partial charge on any atom is -0.354 e. The molecule has 3 rings (SSSR count). The van der Waals surface area contributed by atoms with Crippen LogP contribution in [0.2, 0.25) is 0 Å². The molecule has 1 aliphatic heterocycles. The number of nitrogens with one attached hydrogen (secondary N) is 1. The van der Waals surface area contributed by atoms with E-state index in [-0.39, 0.29) is 29.9 Å². The molecule has 112 valence electrons. The van der Waals surface area contributed by atoms with Gasteiger partial charge in [-0.2, -0.15) is 0 Å². The van der Waals surface area contributed by atoms with Gasteiger partial charge in [-0.05, 0) is 29.9 Å². The van der Waals surface area contributed by atoms with Crippen molar-refractivity contribution in [1.29, 1.82) is 0 Å². The number of carbonyl (C=O) groups is 1. The summed E-state index contributed by atoms with van der Waals surface area (Å²) in [4.78, 5) is 12.0. The number of benzene rings is 1. The van der Waals surface area contributed by atoms with Crippen LogP contribution in [0.4, 0.5) is 0 Å². The lowest BCUT2D eigenvalue weighted by atomic mass is 10.1. The second-order valence-corrected chi connectivity index (χ2v) is 7.80. The van der Waals surface area contributed by atoms with Crippen LogP contribution in [-0.4, -0.2) is 36.9 Å². The molecule has 1 unspecified atom stereocenters. The van der Waals surface area contributed by atoms with Gasteiger partial charge < -0.3 is 9.88 Å². The predicted molar refractivity (Wildman–Crippen MR) is 81.7 cm³/mol. The number of nitrogens with zero attached hydrogens (tertiary/aromatic N) is 1. The molecular weight excluding hydrogens is 288 g/mol. The Morgan fingerprint density at radius 3 is 2.86 bits per heavy atom. The van der Waals surface area contributed by atoms with E-state index in [1.165, 1.54) is 0 Å². The summed E-state index contributed by atoms with van der Waals surface area (Å²) >= 11 is 0. The first-order chi connectivity index (χ1) is 10.0. The van der Waals surface area contributed by atoms with E-state index in [4.69, 9.17) is 0 Å². The van der Waals surface area contributed by atoms with Crippen molar-refractivity contribution in [3.8, 4) is 0 Å². The highest BCUT2D eigenvalue weighted by molar-refractivity contribution is 7.91. The molecular formula is C15H18N2O3S. The van der Waals surface area contributed by atoms with E-state index in [1.54, 1.807) is 0 Å². The molecule has 1 atom stereocenters. The highest BCUT2D eigenvalue weighted by Gasteiger charge is 2.27. The molecule has 5 nitrogen and oxygen atoms in total. The molecule has 1 aromatic heterocycles. The van der Waals surface area contributed by atoms with Crippen LogP contribution in [0.5, 0.6) is 0 Å².